The second-order valence-electron chi connectivity index (χ2n) is 5.25. The molecule has 2 unspecified atom stereocenters. The summed E-state index contributed by atoms with van der Waals surface area (Å²) >= 11 is 0. The van der Waals surface area contributed by atoms with Crippen molar-refractivity contribution >= 4 is 11.7 Å². The van der Waals surface area contributed by atoms with Crippen molar-refractivity contribution in [2.24, 2.45) is 5.92 Å². The Morgan fingerprint density at radius 1 is 1.35 bits per heavy atom. The van der Waals surface area contributed by atoms with E-state index in [4.69, 9.17) is 5.11 Å². The van der Waals surface area contributed by atoms with E-state index in [1.165, 1.54) is 6.07 Å². The van der Waals surface area contributed by atoms with E-state index in [1.807, 2.05) is 13.8 Å². The van der Waals surface area contributed by atoms with Crippen LogP contribution in [0.4, 0.5) is 5.69 Å². The van der Waals surface area contributed by atoms with Crippen LogP contribution in [0.5, 0.6) is 0 Å². The topological polar surface area (TPSA) is 92.5 Å². The molecule has 2 N–H and O–H groups in total. The van der Waals surface area contributed by atoms with Gasteiger partial charge in [-0.15, -0.1) is 0 Å². The molecule has 0 bridgehead atoms. The molecule has 20 heavy (non-hydrogen) atoms. The number of aliphatic carboxylic acids is 1. The molecule has 0 aliphatic heterocycles. The molecule has 1 aromatic carbocycles. The van der Waals surface area contributed by atoms with Crippen molar-refractivity contribution < 1.29 is 14.8 Å². The molecular formula is C14H20N2O4. The summed E-state index contributed by atoms with van der Waals surface area (Å²) in [6.07, 6.45) is 0. The summed E-state index contributed by atoms with van der Waals surface area (Å²) in [5.74, 6) is -0.996. The number of carbonyl (C=O) groups is 1. The van der Waals surface area contributed by atoms with Crippen LogP contribution >= 0.6 is 0 Å². The highest BCUT2D eigenvalue weighted by atomic mass is 16.6. The average molecular weight is 280 g/mol. The van der Waals surface area contributed by atoms with Gasteiger partial charge in [0.25, 0.3) is 5.69 Å². The minimum atomic E-state index is -0.923. The van der Waals surface area contributed by atoms with Gasteiger partial charge in [0.15, 0.2) is 0 Å². The zero-order valence-electron chi connectivity index (χ0n) is 12.1. The lowest BCUT2D eigenvalue weighted by Crippen LogP contribution is -2.42. The fraction of sp³-hybridized carbons (Fsp3) is 0.500. The highest BCUT2D eigenvalue weighted by Crippen LogP contribution is 2.24. The van der Waals surface area contributed by atoms with Gasteiger partial charge in [0, 0.05) is 17.7 Å². The molecule has 0 aliphatic carbocycles. The van der Waals surface area contributed by atoms with Gasteiger partial charge in [0.1, 0.15) is 6.04 Å². The Morgan fingerprint density at radius 2 is 1.95 bits per heavy atom. The largest absolute Gasteiger partial charge is 0.480 e. The standard InChI is InChI=1S/C14H20N2O4/c1-8(2)13(14(17)18)15-10(4)11-6-5-9(3)12(7-11)16(19)20/h5-8,10,13,15H,1-4H3,(H,17,18). The molecule has 6 nitrogen and oxygen atoms in total. The maximum atomic E-state index is 11.2. The van der Waals surface area contributed by atoms with Crippen molar-refractivity contribution in [1.29, 1.82) is 0 Å². The fourth-order valence-electron chi connectivity index (χ4n) is 2.01. The predicted octanol–water partition coefficient (Wildman–Crippen LogP) is 2.66. The summed E-state index contributed by atoms with van der Waals surface area (Å²) in [5, 5.41) is 23.1. The van der Waals surface area contributed by atoms with E-state index >= 15 is 0 Å². The number of nitrogens with one attached hydrogen (secondary N) is 1. The first-order chi connectivity index (χ1) is 9.23. The van der Waals surface area contributed by atoms with E-state index in [2.05, 4.69) is 5.32 Å². The van der Waals surface area contributed by atoms with Crippen LogP contribution in [-0.2, 0) is 4.79 Å². The number of benzene rings is 1. The van der Waals surface area contributed by atoms with Crippen LogP contribution in [0.3, 0.4) is 0 Å². The van der Waals surface area contributed by atoms with Gasteiger partial charge in [-0.3, -0.25) is 20.2 Å². The predicted molar refractivity (Wildman–Crippen MR) is 75.6 cm³/mol. The van der Waals surface area contributed by atoms with Crippen LogP contribution in [0.25, 0.3) is 0 Å². The van der Waals surface area contributed by atoms with E-state index < -0.39 is 16.9 Å². The van der Waals surface area contributed by atoms with Crippen molar-refractivity contribution in [3.8, 4) is 0 Å². The van der Waals surface area contributed by atoms with Crippen molar-refractivity contribution in [2.45, 2.75) is 39.8 Å². The third kappa shape index (κ3) is 3.77. The Hall–Kier alpha value is -1.95. The monoisotopic (exact) mass is 280 g/mol. The third-order valence-corrected chi connectivity index (χ3v) is 3.29. The number of aryl methyl sites for hydroxylation is 1. The Kier molecular flexibility index (Phi) is 5.21. The summed E-state index contributed by atoms with van der Waals surface area (Å²) in [6, 6.07) is 3.98. The second-order valence-corrected chi connectivity index (χ2v) is 5.25. The summed E-state index contributed by atoms with van der Waals surface area (Å²) in [7, 11) is 0. The second kappa shape index (κ2) is 6.47. The smallest absolute Gasteiger partial charge is 0.320 e. The number of carboxylic acids is 1. The number of hydrogen-bond donors (Lipinski definition) is 2. The van der Waals surface area contributed by atoms with E-state index in [0.717, 1.165) is 0 Å². The molecule has 0 heterocycles. The summed E-state index contributed by atoms with van der Waals surface area (Å²) in [4.78, 5) is 21.7. The maximum absolute atomic E-state index is 11.2. The maximum Gasteiger partial charge on any atom is 0.320 e. The molecule has 6 heteroatoms. The number of carboxylic acid groups (broad SMARTS) is 1. The van der Waals surface area contributed by atoms with Gasteiger partial charge in [-0.2, -0.15) is 0 Å². The molecule has 0 spiro atoms. The van der Waals surface area contributed by atoms with E-state index in [-0.39, 0.29) is 17.6 Å². The number of nitro benzene ring substituents is 1. The van der Waals surface area contributed by atoms with Gasteiger partial charge < -0.3 is 5.11 Å². The number of nitro groups is 1. The van der Waals surface area contributed by atoms with Crippen LogP contribution in [0, 0.1) is 23.0 Å². The lowest BCUT2D eigenvalue weighted by atomic mass is 10.00. The van der Waals surface area contributed by atoms with Crippen molar-refractivity contribution in [3.63, 3.8) is 0 Å². The third-order valence-electron chi connectivity index (χ3n) is 3.29. The van der Waals surface area contributed by atoms with Gasteiger partial charge in [0.2, 0.25) is 0 Å². The number of hydrogen-bond acceptors (Lipinski definition) is 4. The van der Waals surface area contributed by atoms with E-state index in [1.54, 1.807) is 26.0 Å². The van der Waals surface area contributed by atoms with Gasteiger partial charge in [-0.05, 0) is 25.3 Å². The van der Waals surface area contributed by atoms with Crippen molar-refractivity contribution in [2.75, 3.05) is 0 Å². The normalized spacial score (nSPS) is 14.1. The van der Waals surface area contributed by atoms with Crippen LogP contribution in [0.15, 0.2) is 18.2 Å². The number of nitrogens with zero attached hydrogens (tertiary/aromatic N) is 1. The SMILES string of the molecule is Cc1ccc(C(C)NC(C(=O)O)C(C)C)cc1[N+](=O)[O-]. The van der Waals surface area contributed by atoms with Gasteiger partial charge >= 0.3 is 5.97 Å². The Labute approximate surface area is 118 Å². The molecule has 0 amide bonds. The fourth-order valence-corrected chi connectivity index (χ4v) is 2.01. The highest BCUT2D eigenvalue weighted by Gasteiger charge is 2.24. The lowest BCUT2D eigenvalue weighted by molar-refractivity contribution is -0.385. The van der Waals surface area contributed by atoms with Crippen LogP contribution in [0.2, 0.25) is 0 Å². The molecule has 0 saturated carbocycles. The molecule has 0 saturated heterocycles. The Balaban J connectivity index is 2.97. The van der Waals surface area contributed by atoms with E-state index in [0.29, 0.717) is 11.1 Å². The minimum Gasteiger partial charge on any atom is -0.480 e. The molecule has 0 aliphatic rings. The van der Waals surface area contributed by atoms with Crippen molar-refractivity contribution in [1.82, 2.24) is 5.32 Å². The molecule has 0 fully saturated rings. The minimum absolute atomic E-state index is 0.0487. The Bertz CT molecular complexity index is 514. The zero-order chi connectivity index (χ0) is 15.4. The van der Waals surface area contributed by atoms with Gasteiger partial charge in [-0.25, -0.2) is 0 Å². The number of rotatable bonds is 6. The molecule has 1 rings (SSSR count). The van der Waals surface area contributed by atoms with Crippen LogP contribution < -0.4 is 5.32 Å². The first kappa shape index (κ1) is 16.1. The molecule has 1 aromatic rings. The quantitative estimate of drug-likeness (QED) is 0.617. The van der Waals surface area contributed by atoms with E-state index in [9.17, 15) is 14.9 Å². The lowest BCUT2D eigenvalue weighted by Gasteiger charge is -2.23. The Morgan fingerprint density at radius 3 is 2.40 bits per heavy atom. The molecule has 2 atom stereocenters. The summed E-state index contributed by atoms with van der Waals surface area (Å²) < 4.78 is 0. The van der Waals surface area contributed by atoms with Crippen LogP contribution in [0.1, 0.15) is 37.9 Å². The van der Waals surface area contributed by atoms with Gasteiger partial charge in [-0.1, -0.05) is 26.0 Å². The molecule has 0 radical (unpaired) electrons. The molecule has 110 valence electrons. The van der Waals surface area contributed by atoms with Crippen LogP contribution in [-0.4, -0.2) is 22.0 Å². The molecular weight excluding hydrogens is 260 g/mol. The first-order valence-corrected chi connectivity index (χ1v) is 6.47. The molecule has 0 aromatic heterocycles. The highest BCUT2D eigenvalue weighted by molar-refractivity contribution is 5.73. The summed E-state index contributed by atoms with van der Waals surface area (Å²) in [6.45, 7) is 7.10. The van der Waals surface area contributed by atoms with Crippen molar-refractivity contribution in [3.05, 3.63) is 39.4 Å². The zero-order valence-corrected chi connectivity index (χ0v) is 12.1. The average Bonchev–Trinajstić information content (AvgIpc) is 2.34. The summed E-state index contributed by atoms with van der Waals surface area (Å²) in [5.41, 5.74) is 1.34. The van der Waals surface area contributed by atoms with Gasteiger partial charge in [0.05, 0.1) is 4.92 Å². The first-order valence-electron chi connectivity index (χ1n) is 6.47.